The van der Waals surface area contributed by atoms with Crippen LogP contribution in [-0.2, 0) is 9.53 Å². The molecular formula is C27H26ClN3O2. The van der Waals surface area contributed by atoms with E-state index in [0.29, 0.717) is 35.9 Å². The van der Waals surface area contributed by atoms with Gasteiger partial charge in [0.2, 0.25) is 0 Å². The molecule has 5 nitrogen and oxygen atoms in total. The number of anilines is 3. The van der Waals surface area contributed by atoms with Crippen LogP contribution in [0.4, 0.5) is 17.1 Å². The van der Waals surface area contributed by atoms with Crippen molar-refractivity contribution < 1.29 is 9.53 Å². The van der Waals surface area contributed by atoms with Crippen molar-refractivity contribution >= 4 is 40.3 Å². The molecule has 3 aromatic carbocycles. The summed E-state index contributed by atoms with van der Waals surface area (Å²) in [5, 5.41) is 7.54. The molecule has 33 heavy (non-hydrogen) atoms. The summed E-state index contributed by atoms with van der Waals surface area (Å²) in [5.74, 6) is -0.367. The molecule has 3 aromatic rings. The quantitative estimate of drug-likeness (QED) is 0.308. The lowest BCUT2D eigenvalue weighted by atomic mass is 9.99. The van der Waals surface area contributed by atoms with E-state index in [1.165, 1.54) is 0 Å². The molecule has 168 valence electrons. The topological polar surface area (TPSA) is 45.1 Å². The molecule has 4 rings (SSSR count). The van der Waals surface area contributed by atoms with E-state index in [4.69, 9.17) is 21.4 Å². The number of allylic oxidation sites excluding steroid dienone is 1. The Balaban J connectivity index is 1.81. The van der Waals surface area contributed by atoms with E-state index in [9.17, 15) is 4.79 Å². The Labute approximate surface area is 199 Å². The maximum atomic E-state index is 13.1. The third-order valence-corrected chi connectivity index (χ3v) is 5.72. The molecular weight excluding hydrogens is 434 g/mol. The van der Waals surface area contributed by atoms with Gasteiger partial charge in [0.05, 0.1) is 23.7 Å². The molecule has 0 fully saturated rings. The zero-order valence-corrected chi connectivity index (χ0v) is 19.5. The average Bonchev–Trinajstić information content (AvgIpc) is 2.84. The zero-order chi connectivity index (χ0) is 23.2. The van der Waals surface area contributed by atoms with Crippen LogP contribution in [-0.4, -0.2) is 24.8 Å². The van der Waals surface area contributed by atoms with Crippen LogP contribution in [0.15, 0.2) is 101 Å². The van der Waals surface area contributed by atoms with Gasteiger partial charge in [0, 0.05) is 29.4 Å². The van der Waals surface area contributed by atoms with Gasteiger partial charge < -0.3 is 9.64 Å². The Morgan fingerprint density at radius 3 is 2.09 bits per heavy atom. The van der Waals surface area contributed by atoms with Crippen LogP contribution < -0.4 is 9.91 Å². The number of halogens is 1. The molecule has 0 amide bonds. The Kier molecular flexibility index (Phi) is 7.10. The molecule has 0 aliphatic carbocycles. The molecule has 0 N–H and O–H groups in total. The molecule has 0 saturated carbocycles. The van der Waals surface area contributed by atoms with Gasteiger partial charge in [-0.1, -0.05) is 48.0 Å². The number of hydrogen-bond acceptors (Lipinski definition) is 5. The van der Waals surface area contributed by atoms with E-state index in [0.717, 1.165) is 22.8 Å². The number of esters is 1. The summed E-state index contributed by atoms with van der Waals surface area (Å²) in [6.45, 7) is 4.73. The second kappa shape index (κ2) is 10.4. The SMILES string of the molecule is CCOC(=O)C1=C(C)N(c2ccc(Cl)cc2)CCC1=NN(c1ccccc1)c1ccccc1. The summed E-state index contributed by atoms with van der Waals surface area (Å²) in [4.78, 5) is 15.2. The standard InChI is InChI=1S/C27H26ClN3O2/c1-3-33-27(32)26-20(2)30(22-16-14-21(28)15-17-22)19-18-25(26)29-31(23-10-6-4-7-11-23)24-12-8-5-9-13-24/h4-17H,3,18-19H2,1-2H3. The molecule has 6 heteroatoms. The Bertz CT molecular complexity index is 1120. The molecule has 0 atom stereocenters. The summed E-state index contributed by atoms with van der Waals surface area (Å²) in [6.07, 6.45) is 0.588. The highest BCUT2D eigenvalue weighted by atomic mass is 35.5. The highest BCUT2D eigenvalue weighted by Crippen LogP contribution is 2.31. The number of rotatable bonds is 6. The highest BCUT2D eigenvalue weighted by molar-refractivity contribution is 6.30. The molecule has 0 aromatic heterocycles. The van der Waals surface area contributed by atoms with Crippen molar-refractivity contribution in [1.82, 2.24) is 0 Å². The third kappa shape index (κ3) is 5.10. The summed E-state index contributed by atoms with van der Waals surface area (Å²) < 4.78 is 5.43. The molecule has 1 aliphatic heterocycles. The predicted molar refractivity (Wildman–Crippen MR) is 135 cm³/mol. The fourth-order valence-electron chi connectivity index (χ4n) is 3.89. The molecule has 0 radical (unpaired) electrons. The number of hydrazone groups is 1. The van der Waals surface area contributed by atoms with E-state index in [-0.39, 0.29) is 5.97 Å². The minimum Gasteiger partial charge on any atom is -0.462 e. The fraction of sp³-hybridized carbons (Fsp3) is 0.185. The zero-order valence-electron chi connectivity index (χ0n) is 18.7. The molecule has 0 unspecified atom stereocenters. The Morgan fingerprint density at radius 1 is 0.970 bits per heavy atom. The van der Waals surface area contributed by atoms with Crippen molar-refractivity contribution in [3.8, 4) is 0 Å². The lowest BCUT2D eigenvalue weighted by Crippen LogP contribution is -2.36. The Hall–Kier alpha value is -3.57. The van der Waals surface area contributed by atoms with Gasteiger partial charge in [-0.2, -0.15) is 5.10 Å². The monoisotopic (exact) mass is 459 g/mol. The summed E-state index contributed by atoms with van der Waals surface area (Å²) in [7, 11) is 0. The summed E-state index contributed by atoms with van der Waals surface area (Å²) >= 11 is 6.07. The minimum atomic E-state index is -0.367. The van der Waals surface area contributed by atoms with Gasteiger partial charge >= 0.3 is 5.97 Å². The maximum Gasteiger partial charge on any atom is 0.341 e. The van der Waals surface area contributed by atoms with Gasteiger partial charge in [-0.3, -0.25) is 0 Å². The second-order valence-corrected chi connectivity index (χ2v) is 8.02. The van der Waals surface area contributed by atoms with Crippen molar-refractivity contribution in [2.75, 3.05) is 23.1 Å². The molecule has 0 saturated heterocycles. The van der Waals surface area contributed by atoms with Crippen LogP contribution in [0, 0.1) is 0 Å². The van der Waals surface area contributed by atoms with Gasteiger partial charge in [-0.25, -0.2) is 9.80 Å². The van der Waals surface area contributed by atoms with E-state index in [1.54, 1.807) is 0 Å². The van der Waals surface area contributed by atoms with E-state index in [1.807, 2.05) is 104 Å². The molecule has 1 aliphatic rings. The van der Waals surface area contributed by atoms with Crippen LogP contribution in [0.25, 0.3) is 0 Å². The van der Waals surface area contributed by atoms with Crippen LogP contribution >= 0.6 is 11.6 Å². The lowest BCUT2D eigenvalue weighted by Gasteiger charge is -2.33. The number of carbonyl (C=O) groups is 1. The largest absolute Gasteiger partial charge is 0.462 e. The van der Waals surface area contributed by atoms with Gasteiger partial charge in [0.15, 0.2) is 0 Å². The van der Waals surface area contributed by atoms with Crippen molar-refractivity contribution in [1.29, 1.82) is 0 Å². The van der Waals surface area contributed by atoms with Crippen LogP contribution in [0.5, 0.6) is 0 Å². The minimum absolute atomic E-state index is 0.297. The first-order valence-electron chi connectivity index (χ1n) is 11.0. The number of nitrogens with zero attached hydrogens (tertiary/aromatic N) is 3. The van der Waals surface area contributed by atoms with E-state index in [2.05, 4.69) is 4.90 Å². The molecule has 0 bridgehead atoms. The molecule has 1 heterocycles. The van der Waals surface area contributed by atoms with Crippen LogP contribution in [0.3, 0.4) is 0 Å². The van der Waals surface area contributed by atoms with Crippen molar-refractivity contribution in [3.05, 3.63) is 101 Å². The van der Waals surface area contributed by atoms with Gasteiger partial charge in [0.25, 0.3) is 0 Å². The first-order valence-corrected chi connectivity index (χ1v) is 11.4. The van der Waals surface area contributed by atoms with E-state index >= 15 is 0 Å². The number of carbonyl (C=O) groups excluding carboxylic acids is 1. The number of hydrogen-bond donors (Lipinski definition) is 0. The maximum absolute atomic E-state index is 13.1. The fourth-order valence-corrected chi connectivity index (χ4v) is 4.02. The van der Waals surface area contributed by atoms with Crippen molar-refractivity contribution in [3.63, 3.8) is 0 Å². The Morgan fingerprint density at radius 2 is 1.55 bits per heavy atom. The third-order valence-electron chi connectivity index (χ3n) is 5.47. The van der Waals surface area contributed by atoms with Gasteiger partial charge in [-0.05, 0) is 62.4 Å². The normalized spacial score (nSPS) is 15.0. The van der Waals surface area contributed by atoms with E-state index < -0.39 is 0 Å². The average molecular weight is 460 g/mol. The van der Waals surface area contributed by atoms with Crippen LogP contribution in [0.2, 0.25) is 5.02 Å². The number of ether oxygens (including phenoxy) is 1. The second-order valence-electron chi connectivity index (χ2n) is 7.59. The smallest absolute Gasteiger partial charge is 0.341 e. The summed E-state index contributed by atoms with van der Waals surface area (Å²) in [5.41, 5.74) is 4.80. The van der Waals surface area contributed by atoms with Crippen molar-refractivity contribution in [2.24, 2.45) is 5.10 Å². The highest BCUT2D eigenvalue weighted by Gasteiger charge is 2.30. The number of benzene rings is 3. The van der Waals surface area contributed by atoms with Gasteiger partial charge in [-0.15, -0.1) is 0 Å². The molecule has 0 spiro atoms. The van der Waals surface area contributed by atoms with Crippen LogP contribution in [0.1, 0.15) is 20.3 Å². The van der Waals surface area contributed by atoms with Crippen molar-refractivity contribution in [2.45, 2.75) is 20.3 Å². The number of para-hydroxylation sites is 2. The first-order chi connectivity index (χ1) is 16.1. The van der Waals surface area contributed by atoms with Gasteiger partial charge in [0.1, 0.15) is 5.57 Å². The first kappa shape index (κ1) is 22.6. The lowest BCUT2D eigenvalue weighted by molar-refractivity contribution is -0.137. The predicted octanol–water partition coefficient (Wildman–Crippen LogP) is 6.58. The summed E-state index contributed by atoms with van der Waals surface area (Å²) in [6, 6.07) is 27.5.